The Bertz CT molecular complexity index is 766. The summed E-state index contributed by atoms with van der Waals surface area (Å²) in [5.74, 6) is 0.657. The number of hydrogen-bond acceptors (Lipinski definition) is 5. The van der Waals surface area contributed by atoms with Gasteiger partial charge in [-0.05, 0) is 71.9 Å². The summed E-state index contributed by atoms with van der Waals surface area (Å²) in [7, 11) is 0. The molecule has 2 aliphatic rings. The van der Waals surface area contributed by atoms with Crippen molar-refractivity contribution in [1.82, 2.24) is 9.88 Å². The number of nitrogens with zero attached hydrogens (tertiary/aromatic N) is 2. The van der Waals surface area contributed by atoms with Crippen LogP contribution >= 0.6 is 0 Å². The SMILES string of the molecule is CC(C)(C)OC(=O)N1C(CC2CCCCC2)C(CCCC(=O)c2ccccn2)OC1(C)C. The molecule has 1 saturated heterocycles. The first-order chi connectivity index (χ1) is 15.1. The lowest BCUT2D eigenvalue weighted by Gasteiger charge is -2.37. The van der Waals surface area contributed by atoms with Gasteiger partial charge in [0.05, 0.1) is 12.1 Å². The Balaban J connectivity index is 1.70. The first-order valence-electron chi connectivity index (χ1n) is 12.2. The molecule has 1 aromatic heterocycles. The lowest BCUT2D eigenvalue weighted by Crippen LogP contribution is -2.50. The van der Waals surface area contributed by atoms with E-state index < -0.39 is 11.3 Å². The molecule has 178 valence electrons. The number of Topliss-reactive ketones (excluding diaryl/α,β-unsaturated/α-hetero) is 1. The highest BCUT2D eigenvalue weighted by atomic mass is 16.6. The van der Waals surface area contributed by atoms with Crippen molar-refractivity contribution in [3.05, 3.63) is 30.1 Å². The van der Waals surface area contributed by atoms with E-state index in [-0.39, 0.29) is 24.0 Å². The van der Waals surface area contributed by atoms with Gasteiger partial charge in [-0.15, -0.1) is 0 Å². The summed E-state index contributed by atoms with van der Waals surface area (Å²) < 4.78 is 12.2. The molecule has 3 rings (SSSR count). The standard InChI is InChI=1S/C26H40N2O4/c1-25(2,3)32-24(30)28-21(18-19-12-7-6-8-13-19)23(31-26(28,4)5)16-11-15-22(29)20-14-9-10-17-27-20/h9-10,14,17,19,21,23H,6-8,11-13,15-16,18H2,1-5H3. The van der Waals surface area contributed by atoms with Gasteiger partial charge in [-0.2, -0.15) is 0 Å². The monoisotopic (exact) mass is 444 g/mol. The summed E-state index contributed by atoms with van der Waals surface area (Å²) in [4.78, 5) is 31.7. The van der Waals surface area contributed by atoms with Crippen molar-refractivity contribution in [2.45, 2.75) is 116 Å². The van der Waals surface area contributed by atoms with Gasteiger partial charge in [0, 0.05) is 12.6 Å². The Labute approximate surface area is 193 Å². The Hall–Kier alpha value is -1.95. The number of ether oxygens (including phenoxy) is 2. The van der Waals surface area contributed by atoms with Crippen molar-refractivity contribution < 1.29 is 19.1 Å². The highest BCUT2D eigenvalue weighted by molar-refractivity contribution is 5.94. The maximum absolute atomic E-state index is 13.2. The fourth-order valence-electron chi connectivity index (χ4n) is 5.13. The molecular formula is C26H40N2O4. The molecule has 2 fully saturated rings. The van der Waals surface area contributed by atoms with Crippen molar-refractivity contribution in [2.75, 3.05) is 0 Å². The topological polar surface area (TPSA) is 68.7 Å². The highest BCUT2D eigenvalue weighted by Gasteiger charge is 2.51. The lowest BCUT2D eigenvalue weighted by atomic mass is 9.83. The van der Waals surface area contributed by atoms with E-state index in [0.717, 1.165) is 12.8 Å². The third-order valence-corrected chi connectivity index (χ3v) is 6.51. The average molecular weight is 445 g/mol. The molecule has 1 aliphatic carbocycles. The van der Waals surface area contributed by atoms with Gasteiger partial charge in [-0.1, -0.05) is 38.2 Å². The van der Waals surface area contributed by atoms with Gasteiger partial charge in [0.2, 0.25) is 0 Å². The minimum Gasteiger partial charge on any atom is -0.444 e. The van der Waals surface area contributed by atoms with E-state index in [1.807, 2.05) is 51.7 Å². The zero-order valence-electron chi connectivity index (χ0n) is 20.4. The number of ketones is 1. The van der Waals surface area contributed by atoms with Crippen LogP contribution in [0.1, 0.15) is 103 Å². The average Bonchev–Trinajstić information content (AvgIpc) is 2.97. The van der Waals surface area contributed by atoms with Crippen LogP contribution in [0, 0.1) is 5.92 Å². The summed E-state index contributed by atoms with van der Waals surface area (Å²) in [6, 6.07) is 5.37. The second-order valence-electron chi connectivity index (χ2n) is 10.8. The third-order valence-electron chi connectivity index (χ3n) is 6.51. The molecular weight excluding hydrogens is 404 g/mol. The predicted molar refractivity (Wildman–Crippen MR) is 124 cm³/mol. The Kier molecular flexibility index (Phi) is 7.97. The summed E-state index contributed by atoms with van der Waals surface area (Å²) in [6.45, 7) is 9.58. The van der Waals surface area contributed by atoms with E-state index >= 15 is 0 Å². The molecule has 1 amide bonds. The minimum atomic E-state index is -0.739. The maximum atomic E-state index is 13.2. The van der Waals surface area contributed by atoms with E-state index in [2.05, 4.69) is 4.98 Å². The molecule has 6 heteroatoms. The van der Waals surface area contributed by atoms with E-state index in [9.17, 15) is 9.59 Å². The molecule has 0 bridgehead atoms. The molecule has 2 atom stereocenters. The van der Waals surface area contributed by atoms with Crippen LogP contribution in [0.4, 0.5) is 4.79 Å². The summed E-state index contributed by atoms with van der Waals surface area (Å²) in [5.41, 5.74) is -0.790. The van der Waals surface area contributed by atoms with Crippen molar-refractivity contribution in [1.29, 1.82) is 0 Å². The first kappa shape index (κ1) is 24.7. The Morgan fingerprint density at radius 3 is 2.53 bits per heavy atom. The van der Waals surface area contributed by atoms with E-state index in [4.69, 9.17) is 9.47 Å². The maximum Gasteiger partial charge on any atom is 0.412 e. The molecule has 1 aromatic rings. The van der Waals surface area contributed by atoms with E-state index in [1.165, 1.54) is 32.1 Å². The molecule has 2 unspecified atom stereocenters. The fourth-order valence-corrected chi connectivity index (χ4v) is 5.13. The largest absolute Gasteiger partial charge is 0.444 e. The molecule has 6 nitrogen and oxygen atoms in total. The minimum absolute atomic E-state index is 0.0343. The smallest absolute Gasteiger partial charge is 0.412 e. The molecule has 0 radical (unpaired) electrons. The van der Waals surface area contributed by atoms with Crippen LogP contribution in [0.2, 0.25) is 0 Å². The van der Waals surface area contributed by atoms with Crippen LogP contribution in [-0.4, -0.2) is 45.2 Å². The van der Waals surface area contributed by atoms with Crippen molar-refractivity contribution in [2.24, 2.45) is 5.92 Å². The van der Waals surface area contributed by atoms with Crippen molar-refractivity contribution in [3.8, 4) is 0 Å². The zero-order valence-corrected chi connectivity index (χ0v) is 20.4. The number of carbonyl (C=O) groups is 2. The van der Waals surface area contributed by atoms with Gasteiger partial charge in [-0.3, -0.25) is 14.7 Å². The first-order valence-corrected chi connectivity index (χ1v) is 12.2. The van der Waals surface area contributed by atoms with Crippen LogP contribution in [-0.2, 0) is 9.47 Å². The normalized spacial score (nSPS) is 23.8. The van der Waals surface area contributed by atoms with Gasteiger partial charge in [-0.25, -0.2) is 4.79 Å². The zero-order chi connectivity index (χ0) is 23.4. The van der Waals surface area contributed by atoms with Gasteiger partial charge < -0.3 is 9.47 Å². The summed E-state index contributed by atoms with van der Waals surface area (Å²) >= 11 is 0. The number of pyridine rings is 1. The van der Waals surface area contributed by atoms with Crippen molar-refractivity contribution in [3.63, 3.8) is 0 Å². The molecule has 2 heterocycles. The second-order valence-corrected chi connectivity index (χ2v) is 10.8. The second kappa shape index (κ2) is 10.3. The molecule has 0 spiro atoms. The predicted octanol–water partition coefficient (Wildman–Crippen LogP) is 6.15. The number of carbonyl (C=O) groups excluding carboxylic acids is 2. The molecule has 1 aliphatic heterocycles. The fraction of sp³-hybridized carbons (Fsp3) is 0.731. The van der Waals surface area contributed by atoms with Crippen LogP contribution in [0.5, 0.6) is 0 Å². The van der Waals surface area contributed by atoms with Crippen LogP contribution < -0.4 is 0 Å². The Morgan fingerprint density at radius 1 is 1.19 bits per heavy atom. The Morgan fingerprint density at radius 2 is 1.91 bits per heavy atom. The van der Waals surface area contributed by atoms with E-state index in [1.54, 1.807) is 12.3 Å². The van der Waals surface area contributed by atoms with Gasteiger partial charge in [0.1, 0.15) is 17.0 Å². The van der Waals surface area contributed by atoms with Gasteiger partial charge >= 0.3 is 6.09 Å². The molecule has 32 heavy (non-hydrogen) atoms. The van der Waals surface area contributed by atoms with Crippen LogP contribution in [0.15, 0.2) is 24.4 Å². The quantitative estimate of drug-likeness (QED) is 0.472. The summed E-state index contributed by atoms with van der Waals surface area (Å²) in [6.07, 6.45) is 10.3. The number of amides is 1. The summed E-state index contributed by atoms with van der Waals surface area (Å²) in [5, 5.41) is 0. The van der Waals surface area contributed by atoms with Gasteiger partial charge in [0.15, 0.2) is 5.78 Å². The number of hydrogen-bond donors (Lipinski definition) is 0. The highest BCUT2D eigenvalue weighted by Crippen LogP contribution is 2.40. The number of rotatable bonds is 7. The molecule has 1 saturated carbocycles. The van der Waals surface area contributed by atoms with Crippen molar-refractivity contribution >= 4 is 11.9 Å². The number of aromatic nitrogens is 1. The lowest BCUT2D eigenvalue weighted by molar-refractivity contribution is -0.0801. The van der Waals surface area contributed by atoms with E-state index in [0.29, 0.717) is 24.5 Å². The molecule has 0 N–H and O–H groups in total. The molecule has 0 aromatic carbocycles. The third kappa shape index (κ3) is 6.53. The van der Waals surface area contributed by atoms with Crippen LogP contribution in [0.3, 0.4) is 0 Å². The van der Waals surface area contributed by atoms with Gasteiger partial charge in [0.25, 0.3) is 0 Å². The van der Waals surface area contributed by atoms with Crippen LogP contribution in [0.25, 0.3) is 0 Å².